The third-order valence-corrected chi connectivity index (χ3v) is 5.91. The average Bonchev–Trinajstić information content (AvgIpc) is 3.12. The van der Waals surface area contributed by atoms with Crippen LogP contribution in [0.3, 0.4) is 0 Å². The van der Waals surface area contributed by atoms with Gasteiger partial charge in [-0.05, 0) is 48.4 Å². The van der Waals surface area contributed by atoms with E-state index in [0.717, 1.165) is 12.0 Å². The van der Waals surface area contributed by atoms with Crippen molar-refractivity contribution in [3.8, 4) is 0 Å². The van der Waals surface area contributed by atoms with E-state index in [0.29, 0.717) is 22.9 Å². The Morgan fingerprint density at radius 2 is 1.85 bits per heavy atom. The molecule has 3 rings (SSSR count). The molecule has 2 atom stereocenters. The first kappa shape index (κ1) is 19.7. The number of thioether (sulfide) groups is 1. The Bertz CT molecular complexity index is 814. The normalized spacial score (nSPS) is 19.1. The molecule has 142 valence electrons. The van der Waals surface area contributed by atoms with Gasteiger partial charge in [0.15, 0.2) is 0 Å². The van der Waals surface area contributed by atoms with Crippen molar-refractivity contribution < 1.29 is 14.0 Å². The molecule has 1 fully saturated rings. The number of carbonyl (C=O) groups is 2. The summed E-state index contributed by atoms with van der Waals surface area (Å²) in [5.74, 6) is -0.273. The van der Waals surface area contributed by atoms with Crippen LogP contribution in [0.25, 0.3) is 0 Å². The number of rotatable bonds is 5. The van der Waals surface area contributed by atoms with Crippen molar-refractivity contribution in [3.63, 3.8) is 0 Å². The average molecular weight is 407 g/mol. The number of nitrogens with zero attached hydrogens (tertiary/aromatic N) is 1. The summed E-state index contributed by atoms with van der Waals surface area (Å²) in [5, 5.41) is 3.05. The van der Waals surface area contributed by atoms with Gasteiger partial charge < -0.3 is 10.2 Å². The van der Waals surface area contributed by atoms with Gasteiger partial charge in [0.1, 0.15) is 17.2 Å². The summed E-state index contributed by atoms with van der Waals surface area (Å²) in [6.45, 7) is 2.53. The molecule has 0 aliphatic carbocycles. The monoisotopic (exact) mass is 406 g/mol. The van der Waals surface area contributed by atoms with Gasteiger partial charge in [0.05, 0.1) is 0 Å². The molecule has 0 bridgehead atoms. The van der Waals surface area contributed by atoms with Crippen LogP contribution in [0.15, 0.2) is 48.5 Å². The van der Waals surface area contributed by atoms with Gasteiger partial charge in [-0.3, -0.25) is 9.59 Å². The van der Waals surface area contributed by atoms with E-state index in [1.165, 1.54) is 23.9 Å². The molecule has 1 N–H and O–H groups in total. The van der Waals surface area contributed by atoms with Gasteiger partial charge in [-0.1, -0.05) is 30.7 Å². The van der Waals surface area contributed by atoms with Crippen LogP contribution in [0, 0.1) is 5.82 Å². The third kappa shape index (κ3) is 4.45. The molecule has 1 heterocycles. The Morgan fingerprint density at radius 3 is 2.48 bits per heavy atom. The fourth-order valence-electron chi connectivity index (χ4n) is 2.95. The van der Waals surface area contributed by atoms with Crippen molar-refractivity contribution >= 4 is 35.2 Å². The van der Waals surface area contributed by atoms with Crippen molar-refractivity contribution in [2.24, 2.45) is 0 Å². The predicted molar refractivity (Wildman–Crippen MR) is 106 cm³/mol. The zero-order valence-electron chi connectivity index (χ0n) is 14.8. The van der Waals surface area contributed by atoms with Crippen LogP contribution < -0.4 is 5.32 Å². The Kier molecular flexibility index (Phi) is 6.39. The Morgan fingerprint density at radius 1 is 1.19 bits per heavy atom. The summed E-state index contributed by atoms with van der Waals surface area (Å²) >= 11 is 7.42. The first-order valence-electron chi connectivity index (χ1n) is 8.74. The topological polar surface area (TPSA) is 49.4 Å². The van der Waals surface area contributed by atoms with E-state index in [9.17, 15) is 14.0 Å². The molecule has 2 aromatic rings. The SMILES string of the molecule is CCCNC(=O)[C@H]1CS[C@@H](c2ccc(F)cc2)N1C(=O)c1ccc(Cl)cc1. The Hall–Kier alpha value is -2.05. The van der Waals surface area contributed by atoms with Crippen LogP contribution in [0.1, 0.15) is 34.6 Å². The number of nitrogens with one attached hydrogen (secondary N) is 1. The molecule has 0 spiro atoms. The van der Waals surface area contributed by atoms with Gasteiger partial charge in [-0.2, -0.15) is 0 Å². The number of amides is 2. The van der Waals surface area contributed by atoms with Crippen LogP contribution in [-0.4, -0.2) is 35.1 Å². The summed E-state index contributed by atoms with van der Waals surface area (Å²) < 4.78 is 13.3. The zero-order chi connectivity index (χ0) is 19.4. The number of hydrogen-bond donors (Lipinski definition) is 1. The van der Waals surface area contributed by atoms with Crippen LogP contribution in [0.4, 0.5) is 4.39 Å². The molecule has 1 aliphatic heterocycles. The van der Waals surface area contributed by atoms with Gasteiger partial charge in [0, 0.05) is 22.9 Å². The van der Waals surface area contributed by atoms with E-state index in [-0.39, 0.29) is 23.0 Å². The highest BCUT2D eigenvalue weighted by Gasteiger charge is 2.42. The minimum Gasteiger partial charge on any atom is -0.354 e. The second-order valence-corrected chi connectivity index (χ2v) is 7.81. The minimum atomic E-state index is -0.584. The molecular formula is C20H20ClFN2O2S. The summed E-state index contributed by atoms with van der Waals surface area (Å²) in [6.07, 6.45) is 0.818. The van der Waals surface area contributed by atoms with E-state index in [1.807, 2.05) is 6.92 Å². The highest BCUT2D eigenvalue weighted by atomic mass is 35.5. The molecular weight excluding hydrogens is 387 g/mol. The van der Waals surface area contributed by atoms with E-state index in [4.69, 9.17) is 11.6 Å². The highest BCUT2D eigenvalue weighted by molar-refractivity contribution is 7.99. The molecule has 2 amide bonds. The summed E-state index contributed by atoms with van der Waals surface area (Å²) in [7, 11) is 0. The van der Waals surface area contributed by atoms with Crippen molar-refractivity contribution in [2.45, 2.75) is 24.8 Å². The lowest BCUT2D eigenvalue weighted by Crippen LogP contribution is -2.48. The second-order valence-electron chi connectivity index (χ2n) is 6.26. The maximum absolute atomic E-state index is 13.3. The molecule has 4 nitrogen and oxygen atoms in total. The lowest BCUT2D eigenvalue weighted by Gasteiger charge is -2.29. The molecule has 1 aliphatic rings. The fraction of sp³-hybridized carbons (Fsp3) is 0.300. The van der Waals surface area contributed by atoms with E-state index in [2.05, 4.69) is 5.32 Å². The maximum Gasteiger partial charge on any atom is 0.255 e. The predicted octanol–water partition coefficient (Wildman–Crippen LogP) is 4.26. The zero-order valence-corrected chi connectivity index (χ0v) is 16.4. The van der Waals surface area contributed by atoms with Crippen molar-refractivity contribution in [3.05, 3.63) is 70.5 Å². The lowest BCUT2D eigenvalue weighted by atomic mass is 10.1. The maximum atomic E-state index is 13.3. The van der Waals surface area contributed by atoms with Gasteiger partial charge in [0.25, 0.3) is 5.91 Å². The number of halogens is 2. The van der Waals surface area contributed by atoms with Gasteiger partial charge in [-0.25, -0.2) is 4.39 Å². The smallest absolute Gasteiger partial charge is 0.255 e. The molecule has 0 aromatic heterocycles. The number of carbonyl (C=O) groups excluding carboxylic acids is 2. The summed E-state index contributed by atoms with van der Waals surface area (Å²) in [6, 6.07) is 12.1. The quantitative estimate of drug-likeness (QED) is 0.807. The third-order valence-electron chi connectivity index (χ3n) is 4.33. The van der Waals surface area contributed by atoms with E-state index >= 15 is 0 Å². The molecule has 0 unspecified atom stereocenters. The molecule has 0 saturated carbocycles. The molecule has 2 aromatic carbocycles. The van der Waals surface area contributed by atoms with Crippen LogP contribution >= 0.6 is 23.4 Å². The first-order valence-corrected chi connectivity index (χ1v) is 10.2. The molecule has 7 heteroatoms. The van der Waals surface area contributed by atoms with Gasteiger partial charge in [-0.15, -0.1) is 11.8 Å². The molecule has 1 saturated heterocycles. The van der Waals surface area contributed by atoms with Crippen LogP contribution in [-0.2, 0) is 4.79 Å². The largest absolute Gasteiger partial charge is 0.354 e. The molecule has 0 radical (unpaired) electrons. The first-order chi connectivity index (χ1) is 13.0. The fourth-order valence-corrected chi connectivity index (χ4v) is 4.50. The van der Waals surface area contributed by atoms with E-state index in [1.54, 1.807) is 41.3 Å². The van der Waals surface area contributed by atoms with Crippen LogP contribution in [0.2, 0.25) is 5.02 Å². The molecule has 27 heavy (non-hydrogen) atoms. The summed E-state index contributed by atoms with van der Waals surface area (Å²) in [5.41, 5.74) is 1.25. The lowest BCUT2D eigenvalue weighted by molar-refractivity contribution is -0.124. The minimum absolute atomic E-state index is 0.170. The van der Waals surface area contributed by atoms with Crippen LogP contribution in [0.5, 0.6) is 0 Å². The number of benzene rings is 2. The van der Waals surface area contributed by atoms with Crippen molar-refractivity contribution in [2.75, 3.05) is 12.3 Å². The highest BCUT2D eigenvalue weighted by Crippen LogP contribution is 2.42. The van der Waals surface area contributed by atoms with E-state index < -0.39 is 6.04 Å². The Balaban J connectivity index is 1.93. The Labute approximate surface area is 167 Å². The number of hydrogen-bond acceptors (Lipinski definition) is 3. The van der Waals surface area contributed by atoms with Crippen molar-refractivity contribution in [1.29, 1.82) is 0 Å². The van der Waals surface area contributed by atoms with Gasteiger partial charge >= 0.3 is 0 Å². The summed E-state index contributed by atoms with van der Waals surface area (Å²) in [4.78, 5) is 27.4. The standard InChI is InChI=1S/C20H20ClFN2O2S/c1-2-11-23-18(25)17-12-27-20(14-5-9-16(22)10-6-14)24(17)19(26)13-3-7-15(21)8-4-13/h3-10,17,20H,2,11-12H2,1H3,(H,23,25)/t17-,20+/m1/s1. The van der Waals surface area contributed by atoms with Crippen molar-refractivity contribution in [1.82, 2.24) is 10.2 Å². The van der Waals surface area contributed by atoms with Gasteiger partial charge in [0.2, 0.25) is 5.91 Å². The second kappa shape index (κ2) is 8.76.